The van der Waals surface area contributed by atoms with Crippen molar-refractivity contribution in [3.63, 3.8) is 0 Å². The second kappa shape index (κ2) is 10.0. The number of guanidine groups is 1. The van der Waals surface area contributed by atoms with Gasteiger partial charge in [-0.05, 0) is 25.0 Å². The Morgan fingerprint density at radius 3 is 2.83 bits per heavy atom. The van der Waals surface area contributed by atoms with Crippen LogP contribution in [0.15, 0.2) is 29.3 Å². The second-order valence-corrected chi connectivity index (χ2v) is 5.25. The number of nitrogens with zero attached hydrogens (tertiary/aromatic N) is 2. The number of halogens is 3. The van der Waals surface area contributed by atoms with E-state index in [9.17, 15) is 8.78 Å². The lowest BCUT2D eigenvalue weighted by atomic mass is 10.0. The average Bonchev–Trinajstić information content (AvgIpc) is 2.52. The Balaban J connectivity index is 0.00000264. The number of nitrogens with one attached hydrogen (secondary N) is 1. The van der Waals surface area contributed by atoms with Crippen LogP contribution in [0.1, 0.15) is 24.2 Å². The fourth-order valence-corrected chi connectivity index (χ4v) is 2.56. The van der Waals surface area contributed by atoms with E-state index in [-0.39, 0.29) is 30.1 Å². The Bertz CT molecular complexity index is 514. The summed E-state index contributed by atoms with van der Waals surface area (Å²) in [6, 6.07) is 8.08. The molecule has 1 unspecified atom stereocenters. The SMILES string of the molecule is CCNC(=NCC(F)F)N1CCOC(c2ccccc2C)C1.I. The molecule has 0 amide bonds. The minimum atomic E-state index is -2.43. The molecule has 0 aliphatic carbocycles. The van der Waals surface area contributed by atoms with Gasteiger partial charge in [-0.3, -0.25) is 0 Å². The van der Waals surface area contributed by atoms with E-state index >= 15 is 0 Å². The summed E-state index contributed by atoms with van der Waals surface area (Å²) in [6.45, 7) is 5.96. The maximum Gasteiger partial charge on any atom is 0.257 e. The van der Waals surface area contributed by atoms with Crippen molar-refractivity contribution in [1.29, 1.82) is 0 Å². The first-order valence-corrected chi connectivity index (χ1v) is 7.60. The molecule has 0 radical (unpaired) electrons. The van der Waals surface area contributed by atoms with E-state index in [1.54, 1.807) is 0 Å². The molecular weight excluding hydrogens is 415 g/mol. The van der Waals surface area contributed by atoms with Crippen molar-refractivity contribution < 1.29 is 13.5 Å². The van der Waals surface area contributed by atoms with Gasteiger partial charge in [-0.25, -0.2) is 13.8 Å². The zero-order chi connectivity index (χ0) is 15.9. The maximum atomic E-state index is 12.4. The van der Waals surface area contributed by atoms with Crippen LogP contribution in [-0.2, 0) is 4.74 Å². The Morgan fingerprint density at radius 2 is 2.17 bits per heavy atom. The van der Waals surface area contributed by atoms with Crippen LogP contribution < -0.4 is 5.32 Å². The van der Waals surface area contributed by atoms with E-state index < -0.39 is 13.0 Å². The fourth-order valence-electron chi connectivity index (χ4n) is 2.56. The minimum absolute atomic E-state index is 0. The number of hydrogen-bond acceptors (Lipinski definition) is 2. The van der Waals surface area contributed by atoms with Crippen LogP contribution in [0.25, 0.3) is 0 Å². The van der Waals surface area contributed by atoms with E-state index in [1.807, 2.05) is 43.0 Å². The molecular formula is C16H24F2IN3O. The van der Waals surface area contributed by atoms with Crippen molar-refractivity contribution in [3.8, 4) is 0 Å². The smallest absolute Gasteiger partial charge is 0.257 e. The summed E-state index contributed by atoms with van der Waals surface area (Å²) in [5, 5.41) is 3.08. The molecule has 1 N–H and O–H groups in total. The van der Waals surface area contributed by atoms with Gasteiger partial charge in [0.1, 0.15) is 12.6 Å². The van der Waals surface area contributed by atoms with E-state index in [1.165, 1.54) is 5.56 Å². The third-order valence-electron chi connectivity index (χ3n) is 3.62. The zero-order valence-corrected chi connectivity index (χ0v) is 15.8. The molecule has 0 bridgehead atoms. The first kappa shape index (κ1) is 20.1. The first-order valence-electron chi connectivity index (χ1n) is 7.60. The molecule has 1 aliphatic rings. The van der Waals surface area contributed by atoms with Crippen molar-refractivity contribution in [2.75, 3.05) is 32.8 Å². The molecule has 1 aliphatic heterocycles. The van der Waals surface area contributed by atoms with Gasteiger partial charge in [0.2, 0.25) is 0 Å². The molecule has 0 saturated carbocycles. The van der Waals surface area contributed by atoms with Gasteiger partial charge in [0, 0.05) is 13.1 Å². The highest BCUT2D eigenvalue weighted by atomic mass is 127. The molecule has 1 atom stereocenters. The van der Waals surface area contributed by atoms with Crippen LogP contribution in [-0.4, -0.2) is 50.1 Å². The topological polar surface area (TPSA) is 36.9 Å². The molecule has 1 fully saturated rings. The molecule has 1 aromatic rings. The Labute approximate surface area is 153 Å². The summed E-state index contributed by atoms with van der Waals surface area (Å²) >= 11 is 0. The molecule has 7 heteroatoms. The van der Waals surface area contributed by atoms with Crippen LogP contribution in [0.3, 0.4) is 0 Å². The van der Waals surface area contributed by atoms with Crippen molar-refractivity contribution in [2.45, 2.75) is 26.4 Å². The quantitative estimate of drug-likeness (QED) is 0.445. The van der Waals surface area contributed by atoms with Gasteiger partial charge in [0.15, 0.2) is 5.96 Å². The number of hydrogen-bond donors (Lipinski definition) is 1. The van der Waals surface area contributed by atoms with Gasteiger partial charge >= 0.3 is 0 Å². The number of aliphatic imine (C=N–C) groups is 1. The highest BCUT2D eigenvalue weighted by molar-refractivity contribution is 14.0. The van der Waals surface area contributed by atoms with Gasteiger partial charge in [-0.15, -0.1) is 24.0 Å². The third-order valence-corrected chi connectivity index (χ3v) is 3.62. The first-order chi connectivity index (χ1) is 10.6. The van der Waals surface area contributed by atoms with Crippen LogP contribution in [0.2, 0.25) is 0 Å². The lowest BCUT2D eigenvalue weighted by molar-refractivity contribution is -0.00842. The van der Waals surface area contributed by atoms with E-state index in [0.717, 1.165) is 5.56 Å². The van der Waals surface area contributed by atoms with E-state index in [2.05, 4.69) is 10.3 Å². The average molecular weight is 439 g/mol. The molecule has 2 rings (SSSR count). The summed E-state index contributed by atoms with van der Waals surface area (Å²) in [4.78, 5) is 6.01. The zero-order valence-electron chi connectivity index (χ0n) is 13.5. The maximum absolute atomic E-state index is 12.4. The lowest BCUT2D eigenvalue weighted by Crippen LogP contribution is -2.48. The van der Waals surface area contributed by atoms with Crippen molar-refractivity contribution >= 4 is 29.9 Å². The van der Waals surface area contributed by atoms with Crippen molar-refractivity contribution in [2.24, 2.45) is 4.99 Å². The van der Waals surface area contributed by atoms with Crippen LogP contribution >= 0.6 is 24.0 Å². The molecule has 0 spiro atoms. The summed E-state index contributed by atoms with van der Waals surface area (Å²) in [7, 11) is 0. The summed E-state index contributed by atoms with van der Waals surface area (Å²) in [6.07, 6.45) is -2.49. The largest absolute Gasteiger partial charge is 0.370 e. The summed E-state index contributed by atoms with van der Waals surface area (Å²) in [5.74, 6) is 0.532. The number of rotatable bonds is 4. The highest BCUT2D eigenvalue weighted by Gasteiger charge is 2.25. The molecule has 1 aromatic carbocycles. The fraction of sp³-hybridized carbons (Fsp3) is 0.562. The monoisotopic (exact) mass is 439 g/mol. The number of morpholine rings is 1. The standard InChI is InChI=1S/C16H23F2N3O.HI/c1-3-19-16(20-10-15(17)18)21-8-9-22-14(11-21)13-7-5-4-6-12(13)2;/h4-7,14-15H,3,8-11H2,1-2H3,(H,19,20);1H. The van der Waals surface area contributed by atoms with Crippen molar-refractivity contribution in [1.82, 2.24) is 10.2 Å². The van der Waals surface area contributed by atoms with E-state index in [0.29, 0.717) is 32.2 Å². The summed E-state index contributed by atoms with van der Waals surface area (Å²) in [5.41, 5.74) is 2.31. The highest BCUT2D eigenvalue weighted by Crippen LogP contribution is 2.24. The molecule has 130 valence electrons. The molecule has 1 saturated heterocycles. The van der Waals surface area contributed by atoms with Gasteiger partial charge in [0.25, 0.3) is 6.43 Å². The number of benzene rings is 1. The van der Waals surface area contributed by atoms with Gasteiger partial charge in [-0.2, -0.15) is 0 Å². The second-order valence-electron chi connectivity index (χ2n) is 5.25. The predicted molar refractivity (Wildman–Crippen MR) is 98.8 cm³/mol. The summed E-state index contributed by atoms with van der Waals surface area (Å²) < 4.78 is 30.7. The van der Waals surface area contributed by atoms with Crippen LogP contribution in [0, 0.1) is 6.92 Å². The van der Waals surface area contributed by atoms with Crippen LogP contribution in [0.4, 0.5) is 8.78 Å². The molecule has 23 heavy (non-hydrogen) atoms. The Morgan fingerprint density at radius 1 is 1.43 bits per heavy atom. The van der Waals surface area contributed by atoms with Crippen molar-refractivity contribution in [3.05, 3.63) is 35.4 Å². The van der Waals surface area contributed by atoms with E-state index in [4.69, 9.17) is 4.74 Å². The minimum Gasteiger partial charge on any atom is -0.370 e. The lowest BCUT2D eigenvalue weighted by Gasteiger charge is -2.35. The molecule has 0 aromatic heterocycles. The Kier molecular flexibility index (Phi) is 8.75. The van der Waals surface area contributed by atoms with Gasteiger partial charge in [0.05, 0.1) is 13.2 Å². The number of aryl methyl sites for hydroxylation is 1. The number of alkyl halides is 2. The predicted octanol–water partition coefficient (Wildman–Crippen LogP) is 3.22. The molecule has 1 heterocycles. The van der Waals surface area contributed by atoms with Crippen LogP contribution in [0.5, 0.6) is 0 Å². The molecule has 4 nitrogen and oxygen atoms in total. The third kappa shape index (κ3) is 5.87. The van der Waals surface area contributed by atoms with Gasteiger partial charge < -0.3 is 15.0 Å². The Hall–Kier alpha value is -0.960. The van der Waals surface area contributed by atoms with Gasteiger partial charge in [-0.1, -0.05) is 24.3 Å². The number of ether oxygens (including phenoxy) is 1. The normalized spacial score (nSPS) is 18.7.